The average Bonchev–Trinajstić information content (AvgIpc) is 2.87. The summed E-state index contributed by atoms with van der Waals surface area (Å²) in [5, 5.41) is 13.8. The molecule has 0 saturated heterocycles. The molecule has 9 nitrogen and oxygen atoms in total. The average molecular weight is 550 g/mol. The van der Waals surface area contributed by atoms with Crippen molar-refractivity contribution in [1.82, 2.24) is 5.32 Å². The maximum absolute atomic E-state index is 12.9. The monoisotopic (exact) mass is 549 g/mol. The lowest BCUT2D eigenvalue weighted by Gasteiger charge is -2.30. The predicted octanol–water partition coefficient (Wildman–Crippen LogP) is 3.10. The molecule has 0 fully saturated rings. The molecule has 0 spiro atoms. The van der Waals surface area contributed by atoms with Crippen molar-refractivity contribution in [2.24, 2.45) is 40.6 Å². The molecule has 39 heavy (non-hydrogen) atoms. The van der Waals surface area contributed by atoms with Gasteiger partial charge in [0.05, 0.1) is 23.7 Å². The fourth-order valence-corrected chi connectivity index (χ4v) is 4.36. The van der Waals surface area contributed by atoms with Gasteiger partial charge in [0.2, 0.25) is 11.8 Å². The summed E-state index contributed by atoms with van der Waals surface area (Å²) in [6.07, 6.45) is 2.14. The highest BCUT2D eigenvalue weighted by atomic mass is 16.5. The molecule has 0 unspecified atom stereocenters. The van der Waals surface area contributed by atoms with Crippen molar-refractivity contribution in [3.63, 3.8) is 0 Å². The third-order valence-electron chi connectivity index (χ3n) is 7.47. The molecule has 2 amide bonds. The van der Waals surface area contributed by atoms with Gasteiger partial charge in [0, 0.05) is 38.6 Å². The van der Waals surface area contributed by atoms with Gasteiger partial charge in [-0.25, -0.2) is 0 Å². The van der Waals surface area contributed by atoms with Crippen LogP contribution in [-0.4, -0.2) is 62.2 Å². The third-order valence-corrected chi connectivity index (χ3v) is 7.47. The molecule has 0 radical (unpaired) electrons. The van der Waals surface area contributed by atoms with Gasteiger partial charge in [-0.15, -0.1) is 0 Å². The van der Waals surface area contributed by atoms with Crippen LogP contribution in [0.15, 0.2) is 18.2 Å². The number of ether oxygens (including phenoxy) is 2. The fourth-order valence-electron chi connectivity index (χ4n) is 4.36. The van der Waals surface area contributed by atoms with Crippen molar-refractivity contribution in [3.8, 4) is 5.75 Å². The molecule has 6 N–H and O–H groups in total. The van der Waals surface area contributed by atoms with Gasteiger partial charge in [-0.05, 0) is 68.6 Å². The van der Waals surface area contributed by atoms with Gasteiger partial charge in [-0.1, -0.05) is 33.8 Å². The van der Waals surface area contributed by atoms with Gasteiger partial charge in [0.25, 0.3) is 0 Å². The molecule has 0 saturated carbocycles. The van der Waals surface area contributed by atoms with Gasteiger partial charge in [-0.2, -0.15) is 0 Å². The minimum absolute atomic E-state index is 0.0249. The molecule has 0 heterocycles. The molecule has 1 aromatic carbocycles. The maximum Gasteiger partial charge on any atom is 0.224 e. The summed E-state index contributed by atoms with van der Waals surface area (Å²) >= 11 is 0. The number of rotatable bonds is 19. The summed E-state index contributed by atoms with van der Waals surface area (Å²) in [6.45, 7) is 12.6. The second-order valence-corrected chi connectivity index (χ2v) is 11.9. The van der Waals surface area contributed by atoms with Crippen molar-refractivity contribution in [3.05, 3.63) is 29.3 Å². The number of primary amides is 1. The molecule has 1 aromatic rings. The number of nitrogens with one attached hydrogen (secondary N) is 1. The van der Waals surface area contributed by atoms with Crippen molar-refractivity contribution in [1.29, 1.82) is 0 Å². The first-order valence-corrected chi connectivity index (χ1v) is 13.9. The number of aliphatic hydroxyl groups is 1. The number of amides is 2. The van der Waals surface area contributed by atoms with E-state index in [0.29, 0.717) is 43.3 Å². The first-order valence-electron chi connectivity index (χ1n) is 13.9. The lowest BCUT2D eigenvalue weighted by Crippen LogP contribution is -2.46. The van der Waals surface area contributed by atoms with Crippen LogP contribution < -0.4 is 21.5 Å². The Kier molecular flexibility index (Phi) is 14.7. The van der Waals surface area contributed by atoms with Crippen LogP contribution in [0.2, 0.25) is 0 Å². The molecule has 0 bridgehead atoms. The Morgan fingerprint density at radius 3 is 2.31 bits per heavy atom. The summed E-state index contributed by atoms with van der Waals surface area (Å²) in [5.74, 6) is -0.184. The van der Waals surface area contributed by atoms with E-state index >= 15 is 0 Å². The second-order valence-electron chi connectivity index (χ2n) is 11.9. The van der Waals surface area contributed by atoms with Crippen LogP contribution in [0.3, 0.4) is 0 Å². The number of carbonyl (C=O) groups is 3. The smallest absolute Gasteiger partial charge is 0.224 e. The van der Waals surface area contributed by atoms with Gasteiger partial charge < -0.3 is 31.4 Å². The number of aldehydes is 1. The van der Waals surface area contributed by atoms with E-state index in [4.69, 9.17) is 20.9 Å². The van der Waals surface area contributed by atoms with Crippen LogP contribution in [0.1, 0.15) is 76.7 Å². The molecule has 222 valence electrons. The molecule has 0 aliphatic rings. The standard InChI is InChI=1S/C30H51N3O6/c1-19(2)23(13-21-9-10-22(17-34)27(14-21)39-12-8-11-38-7)15-25(31)26(35)16-24(20(3)4)28(36)33-18-30(5,6)29(32)37/h9-10,14,17,19-20,23-26,35H,8,11-13,15-16,18,31H2,1-7H3,(H2,32,37)(H,33,36)/t23-,24-,25-,26-/m0/s1. The zero-order valence-electron chi connectivity index (χ0n) is 24.9. The predicted molar refractivity (Wildman–Crippen MR) is 153 cm³/mol. The number of benzene rings is 1. The van der Waals surface area contributed by atoms with E-state index in [9.17, 15) is 19.5 Å². The zero-order chi connectivity index (χ0) is 29.8. The Labute approximate surface area is 234 Å². The molecular weight excluding hydrogens is 498 g/mol. The van der Waals surface area contributed by atoms with E-state index in [-0.39, 0.29) is 30.7 Å². The van der Waals surface area contributed by atoms with Crippen molar-refractivity contribution >= 4 is 18.1 Å². The minimum atomic E-state index is -0.870. The molecule has 0 aliphatic heterocycles. The number of aliphatic hydroxyl groups excluding tert-OH is 1. The van der Waals surface area contributed by atoms with Gasteiger partial charge >= 0.3 is 0 Å². The number of carbonyl (C=O) groups excluding carboxylic acids is 3. The topological polar surface area (TPSA) is 154 Å². The van der Waals surface area contributed by atoms with Crippen LogP contribution in [0, 0.1) is 29.1 Å². The minimum Gasteiger partial charge on any atom is -0.493 e. The SMILES string of the molecule is COCCCOc1cc(C[C@@H](C[C@H](N)[C@@H](O)C[C@H](C(=O)NCC(C)(C)C(N)=O)C(C)C)C(C)C)ccc1C=O. The molecule has 4 atom stereocenters. The van der Waals surface area contributed by atoms with Crippen molar-refractivity contribution in [2.45, 2.75) is 79.4 Å². The lowest BCUT2D eigenvalue weighted by atomic mass is 9.80. The summed E-state index contributed by atoms with van der Waals surface area (Å²) < 4.78 is 10.9. The molecule has 1 rings (SSSR count). The zero-order valence-corrected chi connectivity index (χ0v) is 24.9. The summed E-state index contributed by atoms with van der Waals surface area (Å²) in [7, 11) is 1.64. The molecule has 0 aromatic heterocycles. The number of hydrogen-bond donors (Lipinski definition) is 4. The van der Waals surface area contributed by atoms with E-state index < -0.39 is 29.4 Å². The third kappa shape index (κ3) is 11.6. The normalized spacial score (nSPS) is 15.1. The Bertz CT molecular complexity index is 918. The number of hydrogen-bond acceptors (Lipinski definition) is 7. The first kappa shape index (κ1) is 34.5. The van der Waals surface area contributed by atoms with Crippen LogP contribution in [0.25, 0.3) is 0 Å². The molecular formula is C30H51N3O6. The Hall–Kier alpha value is -2.49. The van der Waals surface area contributed by atoms with Gasteiger partial charge in [-0.3, -0.25) is 14.4 Å². The van der Waals surface area contributed by atoms with Crippen LogP contribution in [0.4, 0.5) is 0 Å². The maximum atomic E-state index is 12.9. The van der Waals surface area contributed by atoms with Crippen LogP contribution in [0.5, 0.6) is 5.75 Å². The summed E-state index contributed by atoms with van der Waals surface area (Å²) in [4.78, 5) is 36.0. The van der Waals surface area contributed by atoms with Crippen molar-refractivity contribution < 1.29 is 29.0 Å². The van der Waals surface area contributed by atoms with Gasteiger partial charge in [0.1, 0.15) is 5.75 Å². The van der Waals surface area contributed by atoms with Crippen LogP contribution in [-0.2, 0) is 20.7 Å². The highest BCUT2D eigenvalue weighted by Crippen LogP contribution is 2.28. The highest BCUT2D eigenvalue weighted by Gasteiger charge is 2.32. The Morgan fingerprint density at radius 1 is 1.10 bits per heavy atom. The summed E-state index contributed by atoms with van der Waals surface area (Å²) in [6, 6.07) is 5.08. The fraction of sp³-hybridized carbons (Fsp3) is 0.700. The van der Waals surface area contributed by atoms with E-state index in [1.165, 1.54) is 0 Å². The van der Waals surface area contributed by atoms with E-state index in [1.807, 2.05) is 26.0 Å². The molecule has 0 aliphatic carbocycles. The first-order chi connectivity index (χ1) is 18.2. The summed E-state index contributed by atoms with van der Waals surface area (Å²) in [5.41, 5.74) is 12.6. The Balaban J connectivity index is 2.88. The number of methoxy groups -OCH3 is 1. The van der Waals surface area contributed by atoms with Crippen LogP contribution >= 0.6 is 0 Å². The van der Waals surface area contributed by atoms with E-state index in [2.05, 4.69) is 19.2 Å². The molecule has 9 heteroatoms. The lowest BCUT2D eigenvalue weighted by molar-refractivity contribution is -0.130. The second kappa shape index (κ2) is 16.6. The largest absolute Gasteiger partial charge is 0.493 e. The van der Waals surface area contributed by atoms with Gasteiger partial charge in [0.15, 0.2) is 6.29 Å². The van der Waals surface area contributed by atoms with Crippen molar-refractivity contribution in [2.75, 3.05) is 26.9 Å². The Morgan fingerprint density at radius 2 is 1.77 bits per heavy atom. The van der Waals surface area contributed by atoms with E-state index in [0.717, 1.165) is 18.3 Å². The number of nitrogens with two attached hydrogens (primary N) is 2. The van der Waals surface area contributed by atoms with E-state index in [1.54, 1.807) is 27.0 Å². The highest BCUT2D eigenvalue weighted by molar-refractivity contribution is 5.83. The quantitative estimate of drug-likeness (QED) is 0.153.